The van der Waals surface area contributed by atoms with E-state index in [-0.39, 0.29) is 6.42 Å². The van der Waals surface area contributed by atoms with Crippen LogP contribution >= 0.6 is 0 Å². The molecule has 8 heteroatoms. The Bertz CT molecular complexity index is 1200. The van der Waals surface area contributed by atoms with Gasteiger partial charge in [-0.3, -0.25) is 4.79 Å². The summed E-state index contributed by atoms with van der Waals surface area (Å²) < 4.78 is 15.9. The molecule has 194 valence electrons. The summed E-state index contributed by atoms with van der Waals surface area (Å²) in [5.41, 5.74) is 1.84. The lowest BCUT2D eigenvalue weighted by Gasteiger charge is -2.23. The molecule has 0 aliphatic heterocycles. The zero-order valence-corrected chi connectivity index (χ0v) is 21.4. The molecule has 0 spiro atoms. The van der Waals surface area contributed by atoms with Crippen molar-refractivity contribution in [2.24, 2.45) is 0 Å². The minimum Gasteiger partial charge on any atom is -0.489 e. The summed E-state index contributed by atoms with van der Waals surface area (Å²) in [6.07, 6.45) is -0.500. The number of alkyl carbamates (subject to hydrolysis) is 1. The molecule has 0 unspecified atom stereocenters. The fourth-order valence-corrected chi connectivity index (χ4v) is 3.43. The molecule has 3 rings (SSSR count). The number of nitrogens with one attached hydrogen (secondary N) is 2. The van der Waals surface area contributed by atoms with Crippen molar-refractivity contribution in [2.75, 3.05) is 12.4 Å². The standard InChI is InChI=1S/C29H32N2O6/c1-29(2,3)37-28(34)31-25(26(32)30-23-12-8-11-22(18-23)27(33)35-4)17-20-13-15-24(16-14-20)36-19-21-9-6-5-7-10-21/h5-16,18,25H,17,19H2,1-4H3,(H,30,32)(H,31,34)/t25-/m0/s1. The van der Waals surface area contributed by atoms with Crippen LogP contribution in [0.15, 0.2) is 78.9 Å². The van der Waals surface area contributed by atoms with Crippen LogP contribution in [0.25, 0.3) is 0 Å². The average molecular weight is 505 g/mol. The Hall–Kier alpha value is -4.33. The molecule has 2 amide bonds. The Morgan fingerprint density at radius 2 is 1.57 bits per heavy atom. The van der Waals surface area contributed by atoms with Gasteiger partial charge in [0.05, 0.1) is 12.7 Å². The van der Waals surface area contributed by atoms with E-state index in [0.717, 1.165) is 11.1 Å². The van der Waals surface area contributed by atoms with E-state index < -0.39 is 29.6 Å². The highest BCUT2D eigenvalue weighted by Gasteiger charge is 2.25. The zero-order valence-electron chi connectivity index (χ0n) is 21.4. The smallest absolute Gasteiger partial charge is 0.408 e. The highest BCUT2D eigenvalue weighted by molar-refractivity contribution is 5.98. The Morgan fingerprint density at radius 3 is 2.22 bits per heavy atom. The summed E-state index contributed by atoms with van der Waals surface area (Å²) in [4.78, 5) is 37.5. The van der Waals surface area contributed by atoms with Gasteiger partial charge in [0.25, 0.3) is 0 Å². The van der Waals surface area contributed by atoms with Crippen LogP contribution < -0.4 is 15.4 Å². The van der Waals surface area contributed by atoms with E-state index >= 15 is 0 Å². The maximum Gasteiger partial charge on any atom is 0.408 e. The van der Waals surface area contributed by atoms with Gasteiger partial charge in [0.2, 0.25) is 5.91 Å². The SMILES string of the molecule is COC(=O)c1cccc(NC(=O)[C@H](Cc2ccc(OCc3ccccc3)cc2)NC(=O)OC(C)(C)C)c1. The number of hydrogen-bond donors (Lipinski definition) is 2. The molecule has 0 saturated carbocycles. The Kier molecular flexibility index (Phi) is 9.27. The first-order chi connectivity index (χ1) is 17.6. The van der Waals surface area contributed by atoms with Gasteiger partial charge in [0, 0.05) is 12.1 Å². The topological polar surface area (TPSA) is 103 Å². The van der Waals surface area contributed by atoms with Crippen LogP contribution in [0.5, 0.6) is 5.75 Å². The third kappa shape index (κ3) is 9.00. The second kappa shape index (κ2) is 12.6. The Balaban J connectivity index is 1.71. The van der Waals surface area contributed by atoms with Crippen LogP contribution in [0.4, 0.5) is 10.5 Å². The first kappa shape index (κ1) is 27.3. The van der Waals surface area contributed by atoms with Gasteiger partial charge in [-0.05, 0) is 62.2 Å². The number of hydrogen-bond acceptors (Lipinski definition) is 6. The number of carbonyl (C=O) groups excluding carboxylic acids is 3. The van der Waals surface area contributed by atoms with Crippen molar-refractivity contribution in [2.45, 2.75) is 45.4 Å². The van der Waals surface area contributed by atoms with Crippen molar-refractivity contribution >= 4 is 23.7 Å². The summed E-state index contributed by atoms with van der Waals surface area (Å²) in [6, 6.07) is 22.6. The predicted molar refractivity (Wildman–Crippen MR) is 140 cm³/mol. The van der Waals surface area contributed by atoms with Crippen molar-refractivity contribution in [3.8, 4) is 5.75 Å². The second-order valence-electron chi connectivity index (χ2n) is 9.38. The van der Waals surface area contributed by atoms with Gasteiger partial charge < -0.3 is 24.8 Å². The van der Waals surface area contributed by atoms with Crippen LogP contribution in [-0.4, -0.2) is 36.7 Å². The molecule has 3 aromatic rings. The van der Waals surface area contributed by atoms with Crippen LogP contribution in [0.1, 0.15) is 42.3 Å². The molecular formula is C29H32N2O6. The van der Waals surface area contributed by atoms with E-state index in [4.69, 9.17) is 14.2 Å². The van der Waals surface area contributed by atoms with E-state index in [1.165, 1.54) is 13.2 Å². The van der Waals surface area contributed by atoms with Gasteiger partial charge in [-0.2, -0.15) is 0 Å². The molecule has 0 aromatic heterocycles. The van der Waals surface area contributed by atoms with E-state index in [1.54, 1.807) is 39.0 Å². The third-order valence-electron chi connectivity index (χ3n) is 5.17. The molecule has 0 bridgehead atoms. The van der Waals surface area contributed by atoms with Gasteiger partial charge in [0.1, 0.15) is 24.0 Å². The normalized spacial score (nSPS) is 11.7. The molecule has 1 atom stereocenters. The number of benzene rings is 3. The van der Waals surface area contributed by atoms with E-state index in [9.17, 15) is 14.4 Å². The molecule has 0 aliphatic carbocycles. The summed E-state index contributed by atoms with van der Waals surface area (Å²) >= 11 is 0. The second-order valence-corrected chi connectivity index (χ2v) is 9.38. The highest BCUT2D eigenvalue weighted by atomic mass is 16.6. The first-order valence-corrected chi connectivity index (χ1v) is 11.9. The highest BCUT2D eigenvalue weighted by Crippen LogP contribution is 2.17. The fraction of sp³-hybridized carbons (Fsp3) is 0.276. The van der Waals surface area contributed by atoms with Crippen LogP contribution in [0, 0.1) is 0 Å². The van der Waals surface area contributed by atoms with E-state index in [2.05, 4.69) is 10.6 Å². The molecule has 0 saturated heterocycles. The molecule has 3 aromatic carbocycles. The van der Waals surface area contributed by atoms with Crippen molar-refractivity contribution in [3.63, 3.8) is 0 Å². The van der Waals surface area contributed by atoms with Crippen LogP contribution in [-0.2, 0) is 27.3 Å². The molecule has 0 aliphatic rings. The van der Waals surface area contributed by atoms with Crippen molar-refractivity contribution < 1.29 is 28.6 Å². The number of ether oxygens (including phenoxy) is 3. The molecule has 8 nitrogen and oxygen atoms in total. The lowest BCUT2D eigenvalue weighted by atomic mass is 10.0. The molecular weight excluding hydrogens is 472 g/mol. The number of carbonyl (C=O) groups is 3. The largest absolute Gasteiger partial charge is 0.489 e. The number of amides is 2. The van der Waals surface area contributed by atoms with Gasteiger partial charge in [-0.25, -0.2) is 9.59 Å². The van der Waals surface area contributed by atoms with Crippen molar-refractivity contribution in [1.82, 2.24) is 5.32 Å². The minimum atomic E-state index is -0.937. The average Bonchev–Trinajstić information content (AvgIpc) is 2.87. The molecule has 37 heavy (non-hydrogen) atoms. The lowest BCUT2D eigenvalue weighted by Crippen LogP contribution is -2.47. The first-order valence-electron chi connectivity index (χ1n) is 11.9. The Morgan fingerprint density at radius 1 is 0.865 bits per heavy atom. The summed E-state index contributed by atoms with van der Waals surface area (Å²) in [5.74, 6) is -0.292. The van der Waals surface area contributed by atoms with Crippen molar-refractivity contribution in [3.05, 3.63) is 95.6 Å². The van der Waals surface area contributed by atoms with Gasteiger partial charge in [-0.1, -0.05) is 48.5 Å². The van der Waals surface area contributed by atoms with Crippen LogP contribution in [0.2, 0.25) is 0 Å². The van der Waals surface area contributed by atoms with Crippen LogP contribution in [0.3, 0.4) is 0 Å². The predicted octanol–water partition coefficient (Wildman–Crippen LogP) is 5.13. The molecule has 0 fully saturated rings. The van der Waals surface area contributed by atoms with Gasteiger partial charge in [-0.15, -0.1) is 0 Å². The lowest BCUT2D eigenvalue weighted by molar-refractivity contribution is -0.118. The zero-order chi connectivity index (χ0) is 26.8. The number of rotatable bonds is 9. The summed E-state index contributed by atoms with van der Waals surface area (Å²) in [5, 5.41) is 5.41. The van der Waals surface area contributed by atoms with Crippen molar-refractivity contribution in [1.29, 1.82) is 0 Å². The van der Waals surface area contributed by atoms with Gasteiger partial charge in [0.15, 0.2) is 0 Å². The quantitative estimate of drug-likeness (QED) is 0.392. The summed E-state index contributed by atoms with van der Waals surface area (Å²) in [7, 11) is 1.28. The fourth-order valence-electron chi connectivity index (χ4n) is 3.43. The minimum absolute atomic E-state index is 0.209. The van der Waals surface area contributed by atoms with E-state index in [0.29, 0.717) is 23.6 Å². The monoisotopic (exact) mass is 504 g/mol. The van der Waals surface area contributed by atoms with E-state index in [1.807, 2.05) is 54.6 Å². The summed E-state index contributed by atoms with van der Waals surface area (Å²) in [6.45, 7) is 5.67. The number of methoxy groups -OCH3 is 1. The Labute approximate surface area is 216 Å². The number of anilines is 1. The molecule has 0 radical (unpaired) electrons. The maximum absolute atomic E-state index is 13.2. The number of esters is 1. The molecule has 2 N–H and O–H groups in total. The third-order valence-corrected chi connectivity index (χ3v) is 5.17. The molecule has 0 heterocycles. The van der Waals surface area contributed by atoms with Gasteiger partial charge >= 0.3 is 12.1 Å². The maximum atomic E-state index is 13.2.